The molecule has 2 rings (SSSR count). The number of carbonyl (C=O) groups is 3. The van der Waals surface area contributed by atoms with Gasteiger partial charge < -0.3 is 25.0 Å². The van der Waals surface area contributed by atoms with Gasteiger partial charge in [0, 0.05) is 45.5 Å². The molecule has 2 N–H and O–H groups in total. The molecule has 2 atom stereocenters. The van der Waals surface area contributed by atoms with Crippen molar-refractivity contribution in [3.05, 3.63) is 66.2 Å². The summed E-state index contributed by atoms with van der Waals surface area (Å²) in [4.78, 5) is 42.5. The van der Waals surface area contributed by atoms with Crippen molar-refractivity contribution in [1.29, 1.82) is 0 Å². The van der Waals surface area contributed by atoms with E-state index in [0.717, 1.165) is 12.0 Å². The molecule has 4 amide bonds. The summed E-state index contributed by atoms with van der Waals surface area (Å²) in [6.45, 7) is 6.96. The Balaban J connectivity index is 2.19. The minimum absolute atomic E-state index is 0.114. The molecule has 0 saturated heterocycles. The number of para-hydroxylation sites is 1. The summed E-state index contributed by atoms with van der Waals surface area (Å²) >= 11 is 0. The second-order valence-corrected chi connectivity index (χ2v) is 13.7. The largest absolute Gasteiger partial charge is 0.338 e. The Morgan fingerprint density at radius 2 is 1.60 bits per heavy atom. The topological polar surface area (TPSA) is 108 Å². The summed E-state index contributed by atoms with van der Waals surface area (Å²) in [5.41, 5.74) is 1.77. The van der Waals surface area contributed by atoms with Gasteiger partial charge >= 0.3 is 6.03 Å². The summed E-state index contributed by atoms with van der Waals surface area (Å²) in [7, 11) is -0.182. The maximum Gasteiger partial charge on any atom is 0.317 e. The molecule has 0 aromatic heterocycles. The molecular formula is C32H49N4O5P. The summed E-state index contributed by atoms with van der Waals surface area (Å²) in [6, 6.07) is 18.1. The quantitative estimate of drug-likeness (QED) is 0.156. The first-order chi connectivity index (χ1) is 20.1. The van der Waals surface area contributed by atoms with Gasteiger partial charge in [-0.05, 0) is 62.6 Å². The molecule has 10 heteroatoms. The first-order valence-electron chi connectivity index (χ1n) is 14.9. The lowest BCUT2D eigenvalue weighted by molar-refractivity contribution is -0.138. The molecule has 42 heavy (non-hydrogen) atoms. The zero-order valence-electron chi connectivity index (χ0n) is 25.9. The Morgan fingerprint density at radius 3 is 2.19 bits per heavy atom. The second-order valence-electron chi connectivity index (χ2n) is 11.0. The van der Waals surface area contributed by atoms with Crippen LogP contribution in [-0.2, 0) is 25.1 Å². The van der Waals surface area contributed by atoms with E-state index < -0.39 is 13.4 Å². The SMILES string of the molecule is CCN(C)C(=O)NCCCC[P@](=O)(CN(C(=O)CCCc1ccccc1)[C@@H](CC(C)C)C(=O)Nc1ccccc1)OC. The third-order valence-electron chi connectivity index (χ3n) is 7.16. The number of rotatable bonds is 18. The highest BCUT2D eigenvalue weighted by Gasteiger charge is 2.36. The van der Waals surface area contributed by atoms with E-state index in [9.17, 15) is 18.9 Å². The first kappa shape index (κ1) is 35.0. The van der Waals surface area contributed by atoms with E-state index in [1.54, 1.807) is 24.1 Å². The number of hydrogen-bond acceptors (Lipinski definition) is 5. The van der Waals surface area contributed by atoms with Crippen molar-refractivity contribution < 1.29 is 23.5 Å². The van der Waals surface area contributed by atoms with Crippen LogP contribution in [0.5, 0.6) is 0 Å². The number of hydrogen-bond donors (Lipinski definition) is 2. The van der Waals surface area contributed by atoms with Crippen molar-refractivity contribution in [3.8, 4) is 0 Å². The normalized spacial score (nSPS) is 13.2. The number of nitrogens with one attached hydrogen (secondary N) is 2. The smallest absolute Gasteiger partial charge is 0.317 e. The lowest BCUT2D eigenvalue weighted by Crippen LogP contribution is -2.48. The Hall–Kier alpha value is -3.16. The standard InChI is InChI=1S/C32H49N4O5P/c1-6-35(4)32(39)33-22-13-14-23-42(40,41-5)25-36(30(37)21-15-18-27-16-9-7-10-17-27)29(24-26(2)3)31(38)34-28-19-11-8-12-20-28/h7-12,16-17,19-20,26,29H,6,13-15,18,21-25H2,1-5H3,(H,33,39)(H,34,38)/t29-,42+/m0/s1. The van der Waals surface area contributed by atoms with E-state index in [0.29, 0.717) is 44.5 Å². The van der Waals surface area contributed by atoms with E-state index in [1.807, 2.05) is 69.3 Å². The molecule has 0 saturated carbocycles. The van der Waals surface area contributed by atoms with Gasteiger partial charge in [0.05, 0.1) is 6.29 Å². The van der Waals surface area contributed by atoms with Crippen LogP contribution in [0.3, 0.4) is 0 Å². The van der Waals surface area contributed by atoms with Crippen molar-refractivity contribution in [2.24, 2.45) is 5.92 Å². The van der Waals surface area contributed by atoms with Gasteiger partial charge in [0.2, 0.25) is 19.2 Å². The van der Waals surface area contributed by atoms with Crippen LogP contribution < -0.4 is 10.6 Å². The van der Waals surface area contributed by atoms with E-state index >= 15 is 0 Å². The number of anilines is 1. The van der Waals surface area contributed by atoms with Crippen molar-refractivity contribution in [2.45, 2.75) is 65.3 Å². The number of nitrogens with zero attached hydrogens (tertiary/aromatic N) is 2. The molecule has 0 aliphatic heterocycles. The Labute approximate surface area is 251 Å². The van der Waals surface area contributed by atoms with Gasteiger partial charge in [0.25, 0.3) is 0 Å². The molecule has 0 aliphatic rings. The van der Waals surface area contributed by atoms with E-state index in [1.165, 1.54) is 12.0 Å². The summed E-state index contributed by atoms with van der Waals surface area (Å²) < 4.78 is 19.5. The number of benzene rings is 2. The van der Waals surface area contributed by atoms with Crippen molar-refractivity contribution >= 4 is 30.9 Å². The molecule has 0 spiro atoms. The van der Waals surface area contributed by atoms with Gasteiger partial charge in [-0.1, -0.05) is 62.4 Å². The molecule has 232 valence electrons. The number of amides is 4. The van der Waals surface area contributed by atoms with Crippen LogP contribution in [0.1, 0.15) is 58.4 Å². The molecule has 0 aliphatic carbocycles. The molecule has 0 unspecified atom stereocenters. The molecule has 2 aromatic carbocycles. The molecule has 9 nitrogen and oxygen atoms in total. The number of carbonyl (C=O) groups excluding carboxylic acids is 3. The second kappa shape index (κ2) is 18.4. The average Bonchev–Trinajstić information content (AvgIpc) is 2.99. The fourth-order valence-corrected chi connectivity index (χ4v) is 6.52. The van der Waals surface area contributed by atoms with Gasteiger partial charge in [-0.2, -0.15) is 0 Å². The van der Waals surface area contributed by atoms with Crippen LogP contribution in [0.4, 0.5) is 10.5 Å². The zero-order valence-corrected chi connectivity index (χ0v) is 26.8. The predicted octanol–water partition coefficient (Wildman–Crippen LogP) is 6.21. The molecule has 0 bridgehead atoms. The maximum atomic E-state index is 14.0. The lowest BCUT2D eigenvalue weighted by Gasteiger charge is -2.34. The zero-order chi connectivity index (χ0) is 31.0. The Kier molecular flexibility index (Phi) is 15.3. The van der Waals surface area contributed by atoms with Gasteiger partial charge in [0.15, 0.2) is 0 Å². The molecule has 0 fully saturated rings. The minimum Gasteiger partial charge on any atom is -0.338 e. The third-order valence-corrected chi connectivity index (χ3v) is 9.56. The number of aryl methyl sites for hydroxylation is 1. The van der Waals surface area contributed by atoms with Gasteiger partial charge in [-0.3, -0.25) is 14.2 Å². The molecule has 2 aromatic rings. The first-order valence-corrected chi connectivity index (χ1v) is 16.9. The van der Waals surface area contributed by atoms with Crippen molar-refractivity contribution in [3.63, 3.8) is 0 Å². The Bertz CT molecular complexity index is 1150. The average molecular weight is 601 g/mol. The highest BCUT2D eigenvalue weighted by atomic mass is 31.2. The molecule has 0 heterocycles. The summed E-state index contributed by atoms with van der Waals surface area (Å²) in [6.07, 6.45) is 3.24. The van der Waals surface area contributed by atoms with Crippen LogP contribution >= 0.6 is 7.37 Å². The maximum absolute atomic E-state index is 14.0. The number of urea groups is 1. The lowest BCUT2D eigenvalue weighted by atomic mass is 10.0. The number of unbranched alkanes of at least 4 members (excludes halogenated alkanes) is 1. The van der Waals surface area contributed by atoms with Gasteiger partial charge in [0.1, 0.15) is 6.04 Å². The fourth-order valence-electron chi connectivity index (χ4n) is 4.56. The summed E-state index contributed by atoms with van der Waals surface area (Å²) in [5.74, 6) is -0.411. The highest BCUT2D eigenvalue weighted by Crippen LogP contribution is 2.48. The van der Waals surface area contributed by atoms with Crippen LogP contribution in [-0.4, -0.2) is 73.4 Å². The van der Waals surface area contributed by atoms with Crippen LogP contribution in [0.2, 0.25) is 0 Å². The third kappa shape index (κ3) is 12.4. The fraction of sp³-hybridized carbons (Fsp3) is 0.531. The van der Waals surface area contributed by atoms with Gasteiger partial charge in [-0.15, -0.1) is 0 Å². The van der Waals surface area contributed by atoms with E-state index in [2.05, 4.69) is 10.6 Å². The molecular weight excluding hydrogens is 551 g/mol. The highest BCUT2D eigenvalue weighted by molar-refractivity contribution is 7.58. The minimum atomic E-state index is -3.31. The van der Waals surface area contributed by atoms with Gasteiger partial charge in [-0.25, -0.2) is 4.79 Å². The van der Waals surface area contributed by atoms with E-state index in [4.69, 9.17) is 4.52 Å². The van der Waals surface area contributed by atoms with Crippen LogP contribution in [0.25, 0.3) is 0 Å². The Morgan fingerprint density at radius 1 is 0.952 bits per heavy atom. The van der Waals surface area contributed by atoms with Crippen LogP contribution in [0.15, 0.2) is 60.7 Å². The van der Waals surface area contributed by atoms with Crippen LogP contribution in [0, 0.1) is 5.92 Å². The molecule has 0 radical (unpaired) electrons. The predicted molar refractivity (Wildman–Crippen MR) is 170 cm³/mol. The van der Waals surface area contributed by atoms with Crippen molar-refractivity contribution in [2.75, 3.05) is 45.0 Å². The summed E-state index contributed by atoms with van der Waals surface area (Å²) in [5, 5.41) is 5.80. The van der Waals surface area contributed by atoms with E-state index in [-0.39, 0.29) is 42.6 Å². The van der Waals surface area contributed by atoms with Crippen molar-refractivity contribution in [1.82, 2.24) is 15.1 Å². The monoisotopic (exact) mass is 600 g/mol.